The predicted molar refractivity (Wildman–Crippen MR) is 119 cm³/mol. The lowest BCUT2D eigenvalue weighted by Gasteiger charge is -2.36. The zero-order valence-corrected chi connectivity index (χ0v) is 18.1. The van der Waals surface area contributed by atoms with E-state index in [-0.39, 0.29) is 11.8 Å². The number of ether oxygens (including phenoxy) is 2. The van der Waals surface area contributed by atoms with Gasteiger partial charge in [-0.25, -0.2) is 0 Å². The molecule has 162 valence electrons. The molecule has 1 unspecified atom stereocenters. The van der Waals surface area contributed by atoms with Gasteiger partial charge in [-0.3, -0.25) is 4.79 Å². The highest BCUT2D eigenvalue weighted by Gasteiger charge is 2.23. The minimum atomic E-state index is -0.568. The Balaban J connectivity index is 1.57. The second kappa shape index (κ2) is 10.4. The molecule has 8 heteroatoms. The van der Waals surface area contributed by atoms with E-state index in [2.05, 4.69) is 10.2 Å². The van der Waals surface area contributed by atoms with Crippen LogP contribution in [0.15, 0.2) is 42.5 Å². The molecule has 1 fully saturated rings. The molecule has 7 nitrogen and oxygen atoms in total. The number of aliphatic hydroxyl groups excluding tert-OH is 1. The van der Waals surface area contributed by atoms with Crippen LogP contribution < -0.4 is 19.7 Å². The lowest BCUT2D eigenvalue weighted by Crippen LogP contribution is -2.48. The maximum absolute atomic E-state index is 12.9. The maximum atomic E-state index is 12.9. The van der Waals surface area contributed by atoms with E-state index >= 15 is 0 Å². The van der Waals surface area contributed by atoms with Crippen molar-refractivity contribution < 1.29 is 19.4 Å². The monoisotopic (exact) mass is 433 g/mol. The molecule has 1 atom stereocenters. The number of hydrogen-bond donors (Lipinski definition) is 2. The average Bonchev–Trinajstić information content (AvgIpc) is 2.82. The van der Waals surface area contributed by atoms with E-state index in [0.29, 0.717) is 36.7 Å². The normalized spacial score (nSPS) is 14.9. The Kier molecular flexibility index (Phi) is 7.65. The first-order valence-corrected chi connectivity index (χ1v) is 10.4. The summed E-state index contributed by atoms with van der Waals surface area (Å²) in [7, 11) is 3.14. The van der Waals surface area contributed by atoms with Crippen molar-refractivity contribution in [2.24, 2.45) is 0 Å². The Morgan fingerprint density at radius 1 is 1.07 bits per heavy atom. The minimum Gasteiger partial charge on any atom is -0.497 e. The third-order valence-corrected chi connectivity index (χ3v) is 5.47. The third-order valence-electron chi connectivity index (χ3n) is 5.12. The summed E-state index contributed by atoms with van der Waals surface area (Å²) in [4.78, 5) is 17.0. The lowest BCUT2D eigenvalue weighted by molar-refractivity contribution is 0.0746. The molecular weight excluding hydrogens is 406 g/mol. The Morgan fingerprint density at radius 2 is 1.67 bits per heavy atom. The zero-order chi connectivity index (χ0) is 21.5. The van der Waals surface area contributed by atoms with Crippen LogP contribution in [0.25, 0.3) is 0 Å². The van der Waals surface area contributed by atoms with Crippen LogP contribution in [0.3, 0.4) is 0 Å². The molecule has 2 aromatic rings. The number of piperazine rings is 1. The van der Waals surface area contributed by atoms with E-state index < -0.39 is 6.10 Å². The number of carbonyl (C=O) groups is 1. The molecule has 0 spiro atoms. The first kappa shape index (κ1) is 22.1. The fourth-order valence-corrected chi connectivity index (χ4v) is 3.47. The van der Waals surface area contributed by atoms with Crippen molar-refractivity contribution in [2.45, 2.75) is 6.10 Å². The second-order valence-electron chi connectivity index (χ2n) is 7.12. The number of methoxy groups -OCH3 is 2. The molecule has 1 saturated heterocycles. The standard InChI is InChI=1S/C22H28ClN3O4/c1-29-20-11-16(12-21(13-20)30-2)22(28)26-9-7-25(8-10-26)18-5-3-17(4-6-18)24-15-19(27)14-23/h3-6,11-13,19,24,27H,7-10,14-15H2,1-2H3. The van der Waals surface area contributed by atoms with Gasteiger partial charge in [-0.15, -0.1) is 11.6 Å². The van der Waals surface area contributed by atoms with Crippen molar-refractivity contribution in [3.05, 3.63) is 48.0 Å². The molecular formula is C22H28ClN3O4. The van der Waals surface area contributed by atoms with Crippen LogP contribution in [-0.2, 0) is 0 Å². The zero-order valence-electron chi connectivity index (χ0n) is 17.3. The van der Waals surface area contributed by atoms with E-state index in [1.54, 1.807) is 32.4 Å². The van der Waals surface area contributed by atoms with E-state index in [0.717, 1.165) is 24.5 Å². The van der Waals surface area contributed by atoms with Gasteiger partial charge in [0.25, 0.3) is 5.91 Å². The number of hydrogen-bond acceptors (Lipinski definition) is 6. The van der Waals surface area contributed by atoms with Gasteiger partial charge in [0, 0.05) is 55.7 Å². The quantitative estimate of drug-likeness (QED) is 0.623. The van der Waals surface area contributed by atoms with Gasteiger partial charge in [0.1, 0.15) is 11.5 Å². The van der Waals surface area contributed by atoms with Gasteiger partial charge in [-0.1, -0.05) is 0 Å². The van der Waals surface area contributed by atoms with Crippen molar-refractivity contribution in [3.63, 3.8) is 0 Å². The van der Waals surface area contributed by atoms with Gasteiger partial charge in [0.2, 0.25) is 0 Å². The van der Waals surface area contributed by atoms with E-state index in [1.165, 1.54) is 0 Å². The number of benzene rings is 2. The summed E-state index contributed by atoms with van der Waals surface area (Å²) < 4.78 is 10.5. The van der Waals surface area contributed by atoms with Crippen LogP contribution in [0, 0.1) is 0 Å². The van der Waals surface area contributed by atoms with Gasteiger partial charge in [0.05, 0.1) is 26.2 Å². The molecule has 1 aliphatic rings. The van der Waals surface area contributed by atoms with Crippen molar-refractivity contribution in [1.82, 2.24) is 4.90 Å². The van der Waals surface area contributed by atoms with Crippen molar-refractivity contribution in [2.75, 3.05) is 63.0 Å². The van der Waals surface area contributed by atoms with Crippen molar-refractivity contribution in [3.8, 4) is 11.5 Å². The summed E-state index contributed by atoms with van der Waals surface area (Å²) in [6.07, 6.45) is -0.568. The topological polar surface area (TPSA) is 74.3 Å². The molecule has 1 heterocycles. The molecule has 0 aromatic heterocycles. The van der Waals surface area contributed by atoms with E-state index in [9.17, 15) is 9.90 Å². The molecule has 0 aliphatic carbocycles. The highest BCUT2D eigenvalue weighted by molar-refractivity contribution is 6.18. The number of nitrogens with zero attached hydrogens (tertiary/aromatic N) is 2. The Labute approximate surface area is 182 Å². The van der Waals surface area contributed by atoms with Crippen LogP contribution in [0.4, 0.5) is 11.4 Å². The van der Waals surface area contributed by atoms with Crippen molar-refractivity contribution >= 4 is 28.9 Å². The third kappa shape index (κ3) is 5.49. The number of nitrogens with one attached hydrogen (secondary N) is 1. The van der Waals surface area contributed by atoms with E-state index in [4.69, 9.17) is 21.1 Å². The Morgan fingerprint density at radius 3 is 2.20 bits per heavy atom. The summed E-state index contributed by atoms with van der Waals surface area (Å²) in [6.45, 7) is 3.20. The first-order valence-electron chi connectivity index (χ1n) is 9.89. The molecule has 0 radical (unpaired) electrons. The number of anilines is 2. The smallest absolute Gasteiger partial charge is 0.254 e. The van der Waals surface area contributed by atoms with Crippen molar-refractivity contribution in [1.29, 1.82) is 0 Å². The van der Waals surface area contributed by atoms with Crippen LogP contribution in [0.2, 0.25) is 0 Å². The molecule has 0 saturated carbocycles. The fraction of sp³-hybridized carbons (Fsp3) is 0.409. The van der Waals surface area contributed by atoms with Crippen LogP contribution in [0.5, 0.6) is 11.5 Å². The number of rotatable bonds is 8. The predicted octanol–water partition coefficient (Wildman–Crippen LogP) is 2.68. The number of halogens is 1. The number of alkyl halides is 1. The molecule has 2 N–H and O–H groups in total. The molecule has 0 bridgehead atoms. The SMILES string of the molecule is COc1cc(OC)cc(C(=O)N2CCN(c3ccc(NCC(O)CCl)cc3)CC2)c1. The molecule has 1 aliphatic heterocycles. The second-order valence-corrected chi connectivity index (χ2v) is 7.43. The van der Waals surface area contributed by atoms with Gasteiger partial charge in [-0.05, 0) is 36.4 Å². The van der Waals surface area contributed by atoms with E-state index in [1.807, 2.05) is 29.2 Å². The Hall–Kier alpha value is -2.64. The molecule has 30 heavy (non-hydrogen) atoms. The summed E-state index contributed by atoms with van der Waals surface area (Å²) in [5.41, 5.74) is 2.60. The van der Waals surface area contributed by atoms with Gasteiger partial charge in [0.15, 0.2) is 0 Å². The largest absolute Gasteiger partial charge is 0.497 e. The number of aliphatic hydroxyl groups is 1. The summed E-state index contributed by atoms with van der Waals surface area (Å²) in [5.74, 6) is 1.38. The number of amides is 1. The highest BCUT2D eigenvalue weighted by atomic mass is 35.5. The summed E-state index contributed by atoms with van der Waals surface area (Å²) in [5, 5.41) is 12.7. The summed E-state index contributed by atoms with van der Waals surface area (Å²) in [6, 6.07) is 13.3. The molecule has 3 rings (SSSR count). The Bertz CT molecular complexity index is 817. The summed E-state index contributed by atoms with van der Waals surface area (Å²) >= 11 is 5.61. The molecule has 1 amide bonds. The highest BCUT2D eigenvalue weighted by Crippen LogP contribution is 2.25. The van der Waals surface area contributed by atoms with Gasteiger partial charge >= 0.3 is 0 Å². The average molecular weight is 434 g/mol. The lowest BCUT2D eigenvalue weighted by atomic mass is 10.1. The maximum Gasteiger partial charge on any atom is 0.254 e. The molecule has 2 aromatic carbocycles. The van der Waals surface area contributed by atoms with Gasteiger partial charge < -0.3 is 29.7 Å². The first-order chi connectivity index (χ1) is 14.5. The number of carbonyl (C=O) groups excluding carboxylic acids is 1. The fourth-order valence-electron chi connectivity index (χ4n) is 3.36. The minimum absolute atomic E-state index is 0.0238. The van der Waals surface area contributed by atoms with Crippen LogP contribution >= 0.6 is 11.6 Å². The van der Waals surface area contributed by atoms with Crippen LogP contribution in [0.1, 0.15) is 10.4 Å². The van der Waals surface area contributed by atoms with Crippen LogP contribution in [-0.4, -0.2) is 74.8 Å². The van der Waals surface area contributed by atoms with Gasteiger partial charge in [-0.2, -0.15) is 0 Å².